The first-order valence-corrected chi connectivity index (χ1v) is 6.21. The minimum atomic E-state index is -0.422. The second-order valence-corrected chi connectivity index (χ2v) is 5.15. The van der Waals surface area contributed by atoms with Gasteiger partial charge in [0.1, 0.15) is 0 Å². The molecule has 2 aromatic rings. The van der Waals surface area contributed by atoms with Gasteiger partial charge in [0, 0.05) is 22.2 Å². The molecule has 94 valence electrons. The molecule has 0 aliphatic rings. The molecule has 6 heteroatoms. The maximum Gasteiger partial charge on any atom is 0.307 e. The number of nitro benzene ring substituents is 1. The van der Waals surface area contributed by atoms with Crippen molar-refractivity contribution in [3.05, 3.63) is 60.2 Å². The molecule has 2 rings (SSSR count). The van der Waals surface area contributed by atoms with Crippen molar-refractivity contribution in [3.8, 4) is 0 Å². The van der Waals surface area contributed by atoms with Crippen LogP contribution in [0.1, 0.15) is 16.1 Å². The van der Waals surface area contributed by atoms with Crippen molar-refractivity contribution in [2.75, 3.05) is 0 Å². The Balaban J connectivity index is 2.46. The largest absolute Gasteiger partial charge is 0.307 e. The van der Waals surface area contributed by atoms with Crippen molar-refractivity contribution in [3.63, 3.8) is 0 Å². The van der Waals surface area contributed by atoms with Crippen LogP contribution in [-0.2, 0) is 6.54 Å². The van der Waals surface area contributed by atoms with E-state index >= 15 is 0 Å². The monoisotopic (exact) mass is 264 g/mol. The van der Waals surface area contributed by atoms with Crippen molar-refractivity contribution >= 4 is 17.0 Å². The quantitative estimate of drug-likeness (QED) is 0.632. The predicted molar refractivity (Wildman–Crippen MR) is 70.3 cm³/mol. The zero-order valence-corrected chi connectivity index (χ0v) is 10.9. The Morgan fingerprint density at radius 3 is 2.56 bits per heavy atom. The summed E-state index contributed by atoms with van der Waals surface area (Å²) in [4.78, 5) is 23.1. The summed E-state index contributed by atoms with van der Waals surface area (Å²) in [5.41, 5.74) is 1.46. The number of aromatic nitrogens is 1. The Labute approximate surface area is 107 Å². The number of thiazole rings is 1. The van der Waals surface area contributed by atoms with Gasteiger partial charge in [-0.2, -0.15) is 0 Å². The molecule has 0 N–H and O–H groups in total. The van der Waals surface area contributed by atoms with E-state index < -0.39 is 4.92 Å². The third kappa shape index (κ3) is 2.19. The van der Waals surface area contributed by atoms with Crippen LogP contribution in [0.3, 0.4) is 0 Å². The highest BCUT2D eigenvalue weighted by atomic mass is 32.1. The first-order valence-electron chi connectivity index (χ1n) is 5.40. The third-order valence-corrected chi connectivity index (χ3v) is 3.89. The number of nitrogens with zero attached hydrogens (tertiary/aromatic N) is 2. The zero-order chi connectivity index (χ0) is 13.3. The first-order chi connectivity index (χ1) is 8.50. The van der Waals surface area contributed by atoms with Gasteiger partial charge < -0.3 is 0 Å². The third-order valence-electron chi connectivity index (χ3n) is 2.89. The lowest BCUT2D eigenvalue weighted by Crippen LogP contribution is -2.16. The molecule has 0 aliphatic carbocycles. The highest BCUT2D eigenvalue weighted by Crippen LogP contribution is 2.20. The molecular weight excluding hydrogens is 252 g/mol. The van der Waals surface area contributed by atoms with Crippen LogP contribution in [0.4, 0.5) is 5.69 Å². The van der Waals surface area contributed by atoms with Crippen molar-refractivity contribution in [1.82, 2.24) is 4.57 Å². The molecule has 0 saturated carbocycles. The topological polar surface area (TPSA) is 65.1 Å². The molecule has 0 atom stereocenters. The molecule has 0 spiro atoms. The Hall–Kier alpha value is -1.95. The lowest BCUT2D eigenvalue weighted by molar-refractivity contribution is -0.385. The zero-order valence-electron chi connectivity index (χ0n) is 10.0. The van der Waals surface area contributed by atoms with Gasteiger partial charge in [-0.1, -0.05) is 29.5 Å². The number of rotatable bonds is 3. The van der Waals surface area contributed by atoms with E-state index in [-0.39, 0.29) is 17.1 Å². The molecule has 0 unspecified atom stereocenters. The van der Waals surface area contributed by atoms with Gasteiger partial charge in [0.2, 0.25) is 0 Å². The molecule has 0 aliphatic heterocycles. The average Bonchev–Trinajstić information content (AvgIpc) is 2.56. The number of hydrogen-bond donors (Lipinski definition) is 0. The van der Waals surface area contributed by atoms with E-state index in [4.69, 9.17) is 0 Å². The van der Waals surface area contributed by atoms with Gasteiger partial charge in [-0.05, 0) is 13.8 Å². The number of nitro groups is 1. The summed E-state index contributed by atoms with van der Waals surface area (Å²) in [5, 5.41) is 10.9. The van der Waals surface area contributed by atoms with E-state index in [9.17, 15) is 14.9 Å². The van der Waals surface area contributed by atoms with Crippen LogP contribution in [0, 0.1) is 24.0 Å². The smallest absolute Gasteiger partial charge is 0.298 e. The van der Waals surface area contributed by atoms with E-state index in [0.29, 0.717) is 5.56 Å². The Bertz CT molecular complexity index is 658. The average molecular weight is 264 g/mol. The van der Waals surface area contributed by atoms with Gasteiger partial charge in [0.05, 0.1) is 11.5 Å². The summed E-state index contributed by atoms with van der Waals surface area (Å²) in [6.07, 6.45) is 0. The lowest BCUT2D eigenvalue weighted by atomic mass is 10.2. The second-order valence-electron chi connectivity index (χ2n) is 3.98. The van der Waals surface area contributed by atoms with E-state index in [1.54, 1.807) is 22.8 Å². The molecular formula is C12H12N2O3S. The van der Waals surface area contributed by atoms with E-state index in [2.05, 4.69) is 0 Å². The molecule has 5 nitrogen and oxygen atoms in total. The summed E-state index contributed by atoms with van der Waals surface area (Å²) in [7, 11) is 0. The second kappa shape index (κ2) is 4.73. The molecule has 0 radical (unpaired) electrons. The van der Waals surface area contributed by atoms with Gasteiger partial charge in [0.15, 0.2) is 0 Å². The first kappa shape index (κ1) is 12.5. The van der Waals surface area contributed by atoms with Crippen molar-refractivity contribution in [2.45, 2.75) is 20.4 Å². The minimum Gasteiger partial charge on any atom is -0.298 e. The molecule has 1 heterocycles. The lowest BCUT2D eigenvalue weighted by Gasteiger charge is -2.05. The van der Waals surface area contributed by atoms with Crippen LogP contribution >= 0.6 is 11.3 Å². The summed E-state index contributed by atoms with van der Waals surface area (Å²) >= 11 is 1.17. The van der Waals surface area contributed by atoms with E-state index in [1.165, 1.54) is 17.4 Å². The van der Waals surface area contributed by atoms with Gasteiger partial charge >= 0.3 is 4.87 Å². The summed E-state index contributed by atoms with van der Waals surface area (Å²) in [5.74, 6) is 0. The fourth-order valence-corrected chi connectivity index (χ4v) is 2.59. The van der Waals surface area contributed by atoms with Crippen LogP contribution in [0.2, 0.25) is 0 Å². The fourth-order valence-electron chi connectivity index (χ4n) is 1.76. The van der Waals surface area contributed by atoms with Crippen LogP contribution in [0.15, 0.2) is 29.1 Å². The maximum atomic E-state index is 11.8. The van der Waals surface area contributed by atoms with E-state index in [1.807, 2.05) is 13.8 Å². The molecule has 0 bridgehead atoms. The molecule has 18 heavy (non-hydrogen) atoms. The SMILES string of the molecule is Cc1sc(=O)n(Cc2ccccc2[N+](=O)[O-])c1C. The number of benzene rings is 1. The molecule has 0 fully saturated rings. The highest BCUT2D eigenvalue weighted by molar-refractivity contribution is 7.09. The van der Waals surface area contributed by atoms with E-state index in [0.717, 1.165) is 10.6 Å². The molecule has 0 saturated heterocycles. The van der Waals surface area contributed by atoms with Gasteiger partial charge in [-0.25, -0.2) is 0 Å². The van der Waals surface area contributed by atoms with Crippen LogP contribution in [0.25, 0.3) is 0 Å². The van der Waals surface area contributed by atoms with Crippen molar-refractivity contribution < 1.29 is 4.92 Å². The standard InChI is InChI=1S/C12H12N2O3S/c1-8-9(2)18-12(15)13(8)7-10-5-3-4-6-11(10)14(16)17/h3-6H,7H2,1-2H3. The highest BCUT2D eigenvalue weighted by Gasteiger charge is 2.15. The number of aryl methyl sites for hydroxylation is 1. The molecule has 1 aromatic carbocycles. The normalized spacial score (nSPS) is 10.6. The predicted octanol–water partition coefficient (Wildman–Crippen LogP) is 2.48. The summed E-state index contributed by atoms with van der Waals surface area (Å²) in [6.45, 7) is 3.96. The summed E-state index contributed by atoms with van der Waals surface area (Å²) in [6, 6.07) is 6.49. The Morgan fingerprint density at radius 1 is 1.33 bits per heavy atom. The fraction of sp³-hybridized carbons (Fsp3) is 0.250. The van der Waals surface area contributed by atoms with Crippen LogP contribution in [0.5, 0.6) is 0 Å². The maximum absolute atomic E-state index is 11.8. The number of hydrogen-bond acceptors (Lipinski definition) is 4. The molecule has 1 aromatic heterocycles. The number of para-hydroxylation sites is 1. The van der Waals surface area contributed by atoms with Gasteiger partial charge in [-0.3, -0.25) is 19.5 Å². The summed E-state index contributed by atoms with van der Waals surface area (Å²) < 4.78 is 1.57. The Morgan fingerprint density at radius 2 is 2.00 bits per heavy atom. The van der Waals surface area contributed by atoms with Crippen molar-refractivity contribution in [2.24, 2.45) is 0 Å². The van der Waals surface area contributed by atoms with Gasteiger partial charge in [-0.15, -0.1) is 0 Å². The Kier molecular flexibility index (Phi) is 3.29. The molecule has 0 amide bonds. The minimum absolute atomic E-state index is 0.0488. The van der Waals surface area contributed by atoms with Gasteiger partial charge in [0.25, 0.3) is 5.69 Å². The van der Waals surface area contributed by atoms with Crippen molar-refractivity contribution in [1.29, 1.82) is 0 Å². The van der Waals surface area contributed by atoms with Crippen LogP contribution < -0.4 is 4.87 Å². The van der Waals surface area contributed by atoms with Crippen LogP contribution in [-0.4, -0.2) is 9.49 Å².